The van der Waals surface area contributed by atoms with E-state index in [1.165, 1.54) is 17.1 Å². The molecule has 2 rings (SSSR count). The Balaban J connectivity index is 2.16. The zero-order chi connectivity index (χ0) is 10.1. The van der Waals surface area contributed by atoms with E-state index in [-0.39, 0.29) is 18.4 Å². The van der Waals surface area contributed by atoms with Gasteiger partial charge < -0.3 is 0 Å². The zero-order valence-electron chi connectivity index (χ0n) is 7.67. The largest absolute Gasteiger partial charge is 0.271 e. The molecule has 0 radical (unpaired) electrons. The zero-order valence-corrected chi connectivity index (χ0v) is 7.67. The maximum absolute atomic E-state index is 11.2. The highest BCUT2D eigenvalue weighted by Crippen LogP contribution is 2.09. The molecule has 0 aromatic carbocycles. The van der Waals surface area contributed by atoms with Crippen molar-refractivity contribution in [3.05, 3.63) is 30.1 Å². The third-order valence-corrected chi connectivity index (χ3v) is 2.14. The molecule has 0 saturated heterocycles. The lowest BCUT2D eigenvalue weighted by Gasteiger charge is -2.13. The van der Waals surface area contributed by atoms with Crippen molar-refractivity contribution in [3.63, 3.8) is 0 Å². The van der Waals surface area contributed by atoms with Crippen molar-refractivity contribution in [2.45, 2.75) is 6.54 Å². The Kier molecular flexibility index (Phi) is 1.92. The van der Waals surface area contributed by atoms with Gasteiger partial charge in [0.05, 0.1) is 12.2 Å². The van der Waals surface area contributed by atoms with Crippen molar-refractivity contribution in [2.24, 2.45) is 7.05 Å². The number of nitrogens with zero attached hydrogens (tertiary/aromatic N) is 3. The van der Waals surface area contributed by atoms with Gasteiger partial charge in [-0.2, -0.15) is 5.10 Å². The van der Waals surface area contributed by atoms with E-state index in [1.807, 2.05) is 0 Å². The molecule has 0 bridgehead atoms. The van der Waals surface area contributed by atoms with Gasteiger partial charge in [0.1, 0.15) is 0 Å². The molecule has 14 heavy (non-hydrogen) atoms. The van der Waals surface area contributed by atoms with Gasteiger partial charge in [-0.3, -0.25) is 19.2 Å². The molecular formula is C9H9N3O2. The fourth-order valence-corrected chi connectivity index (χ4v) is 1.31. The minimum absolute atomic E-state index is 0.267. The van der Waals surface area contributed by atoms with Crippen LogP contribution in [0.5, 0.6) is 0 Å². The molecule has 0 saturated carbocycles. The summed E-state index contributed by atoms with van der Waals surface area (Å²) in [6.45, 7) is 0.279. The van der Waals surface area contributed by atoms with E-state index in [1.54, 1.807) is 24.0 Å². The quantitative estimate of drug-likeness (QED) is 0.610. The average molecular weight is 191 g/mol. The second-order valence-electron chi connectivity index (χ2n) is 3.04. The second kappa shape index (κ2) is 3.10. The molecule has 1 aliphatic rings. The number of hydrogen-bond donors (Lipinski definition) is 0. The summed E-state index contributed by atoms with van der Waals surface area (Å²) in [6, 6.07) is 1.78. The van der Waals surface area contributed by atoms with Crippen LogP contribution in [-0.4, -0.2) is 26.5 Å². The smallest absolute Gasteiger partial charge is 0.253 e. The summed E-state index contributed by atoms with van der Waals surface area (Å²) in [6.07, 6.45) is 4.19. The summed E-state index contributed by atoms with van der Waals surface area (Å²) >= 11 is 0. The Bertz CT molecular complexity index is 401. The maximum atomic E-state index is 11.2. The van der Waals surface area contributed by atoms with Crippen LogP contribution in [0.1, 0.15) is 5.69 Å². The van der Waals surface area contributed by atoms with Crippen molar-refractivity contribution < 1.29 is 9.59 Å². The van der Waals surface area contributed by atoms with Gasteiger partial charge in [-0.25, -0.2) is 0 Å². The van der Waals surface area contributed by atoms with Crippen LogP contribution in [0.2, 0.25) is 0 Å². The lowest BCUT2D eigenvalue weighted by molar-refractivity contribution is -0.137. The van der Waals surface area contributed by atoms with Crippen LogP contribution in [-0.2, 0) is 23.2 Å². The van der Waals surface area contributed by atoms with Crippen LogP contribution >= 0.6 is 0 Å². The molecule has 5 heteroatoms. The summed E-state index contributed by atoms with van der Waals surface area (Å²) in [5.41, 5.74) is 0.829. The first-order valence-corrected chi connectivity index (χ1v) is 4.19. The van der Waals surface area contributed by atoms with E-state index in [4.69, 9.17) is 0 Å². The molecule has 72 valence electrons. The fourth-order valence-electron chi connectivity index (χ4n) is 1.31. The van der Waals surface area contributed by atoms with Gasteiger partial charge in [-0.1, -0.05) is 0 Å². The molecule has 1 aromatic heterocycles. The first-order valence-electron chi connectivity index (χ1n) is 4.19. The van der Waals surface area contributed by atoms with Crippen LogP contribution in [0, 0.1) is 0 Å². The monoisotopic (exact) mass is 191 g/mol. The number of imide groups is 1. The Hall–Kier alpha value is -1.91. The Morgan fingerprint density at radius 1 is 1.29 bits per heavy atom. The summed E-state index contributed by atoms with van der Waals surface area (Å²) in [5, 5.41) is 3.96. The van der Waals surface area contributed by atoms with E-state index in [9.17, 15) is 9.59 Å². The van der Waals surface area contributed by atoms with Crippen LogP contribution < -0.4 is 0 Å². The maximum Gasteiger partial charge on any atom is 0.253 e. The van der Waals surface area contributed by atoms with Gasteiger partial charge in [0.15, 0.2) is 0 Å². The molecule has 0 unspecified atom stereocenters. The van der Waals surface area contributed by atoms with E-state index < -0.39 is 0 Å². The average Bonchev–Trinajstić information content (AvgIpc) is 2.67. The minimum atomic E-state index is -0.267. The summed E-state index contributed by atoms with van der Waals surface area (Å²) in [5.74, 6) is -0.535. The van der Waals surface area contributed by atoms with Gasteiger partial charge >= 0.3 is 0 Å². The number of hydrogen-bond acceptors (Lipinski definition) is 3. The standard InChI is InChI=1S/C9H9N3O2/c1-11-7(4-5-10-11)6-12-8(13)2-3-9(12)14/h2-5H,6H2,1H3. The molecule has 1 aromatic rings. The number of carbonyl (C=O) groups is 2. The van der Waals surface area contributed by atoms with Crippen LogP contribution in [0.25, 0.3) is 0 Å². The van der Waals surface area contributed by atoms with Crippen molar-refractivity contribution in [1.29, 1.82) is 0 Å². The highest BCUT2D eigenvalue weighted by atomic mass is 16.2. The van der Waals surface area contributed by atoms with Crippen molar-refractivity contribution >= 4 is 11.8 Å². The van der Waals surface area contributed by atoms with Gasteiger partial charge in [0.25, 0.3) is 11.8 Å². The van der Waals surface area contributed by atoms with Crippen LogP contribution in [0.3, 0.4) is 0 Å². The molecule has 2 amide bonds. The molecular weight excluding hydrogens is 182 g/mol. The number of aryl methyl sites for hydroxylation is 1. The van der Waals surface area contributed by atoms with Crippen molar-refractivity contribution in [1.82, 2.24) is 14.7 Å². The summed E-state index contributed by atoms with van der Waals surface area (Å²) in [4.78, 5) is 23.6. The van der Waals surface area contributed by atoms with E-state index in [0.29, 0.717) is 0 Å². The third-order valence-electron chi connectivity index (χ3n) is 2.14. The molecule has 2 heterocycles. The highest BCUT2D eigenvalue weighted by Gasteiger charge is 2.23. The topological polar surface area (TPSA) is 55.2 Å². The molecule has 0 fully saturated rings. The van der Waals surface area contributed by atoms with E-state index >= 15 is 0 Å². The predicted octanol–water partition coefficient (Wildman–Crippen LogP) is -0.155. The van der Waals surface area contributed by atoms with Crippen molar-refractivity contribution in [2.75, 3.05) is 0 Å². The number of aromatic nitrogens is 2. The molecule has 0 N–H and O–H groups in total. The lowest BCUT2D eigenvalue weighted by Crippen LogP contribution is -2.30. The predicted molar refractivity (Wildman–Crippen MR) is 47.9 cm³/mol. The first kappa shape index (κ1) is 8.68. The highest BCUT2D eigenvalue weighted by molar-refractivity contribution is 6.12. The van der Waals surface area contributed by atoms with Gasteiger partial charge in [-0.05, 0) is 6.07 Å². The minimum Gasteiger partial charge on any atom is -0.271 e. The summed E-state index contributed by atoms with van der Waals surface area (Å²) in [7, 11) is 1.77. The Morgan fingerprint density at radius 3 is 2.43 bits per heavy atom. The van der Waals surface area contributed by atoms with E-state index in [2.05, 4.69) is 5.10 Å². The molecule has 5 nitrogen and oxygen atoms in total. The Morgan fingerprint density at radius 2 is 1.93 bits per heavy atom. The number of carbonyl (C=O) groups excluding carboxylic acids is 2. The summed E-state index contributed by atoms with van der Waals surface area (Å²) < 4.78 is 1.64. The number of rotatable bonds is 2. The third kappa shape index (κ3) is 1.32. The molecule has 1 aliphatic heterocycles. The molecule has 0 atom stereocenters. The van der Waals surface area contributed by atoms with Crippen molar-refractivity contribution in [3.8, 4) is 0 Å². The SMILES string of the molecule is Cn1nccc1CN1C(=O)C=CC1=O. The lowest BCUT2D eigenvalue weighted by atomic mass is 10.4. The number of amides is 2. The van der Waals surface area contributed by atoms with Gasteiger partial charge in [0, 0.05) is 25.4 Å². The Labute approximate surface area is 80.6 Å². The van der Waals surface area contributed by atoms with Crippen LogP contribution in [0.15, 0.2) is 24.4 Å². The fraction of sp³-hybridized carbons (Fsp3) is 0.222. The van der Waals surface area contributed by atoms with E-state index in [0.717, 1.165) is 5.69 Å². The van der Waals surface area contributed by atoms with Crippen LogP contribution in [0.4, 0.5) is 0 Å². The van der Waals surface area contributed by atoms with Gasteiger partial charge in [-0.15, -0.1) is 0 Å². The molecule has 0 spiro atoms. The normalized spacial score (nSPS) is 15.6. The second-order valence-corrected chi connectivity index (χ2v) is 3.04. The van der Waals surface area contributed by atoms with Gasteiger partial charge in [0.2, 0.25) is 0 Å². The molecule has 0 aliphatic carbocycles. The first-order chi connectivity index (χ1) is 6.68.